The molecule has 1 aliphatic rings. The largest absolute Gasteiger partial charge is 0.368 e. The standard InChI is InChI=1S/C27H37N3O2/c1-20-6-8-22(9-7-20)26(32)28-23-10-12-24(13-11-23)29-14-16-30(17-15-29)25(31)18-21(2)19-27(3,4)5/h6-13,21H,14-19H2,1-5H3,(H,28,32). The molecule has 1 fully saturated rings. The van der Waals surface area contributed by atoms with E-state index in [-0.39, 0.29) is 17.2 Å². The van der Waals surface area contributed by atoms with Crippen molar-refractivity contribution in [3.63, 3.8) is 0 Å². The highest BCUT2D eigenvalue weighted by molar-refractivity contribution is 6.04. The van der Waals surface area contributed by atoms with Gasteiger partial charge in [-0.1, -0.05) is 45.4 Å². The number of benzene rings is 2. The zero-order chi connectivity index (χ0) is 23.3. The van der Waals surface area contributed by atoms with Crippen LogP contribution in [0.3, 0.4) is 0 Å². The van der Waals surface area contributed by atoms with E-state index in [1.54, 1.807) is 0 Å². The minimum Gasteiger partial charge on any atom is -0.368 e. The van der Waals surface area contributed by atoms with E-state index < -0.39 is 0 Å². The maximum atomic E-state index is 12.7. The number of piperazine rings is 1. The van der Waals surface area contributed by atoms with Crippen LogP contribution in [0, 0.1) is 18.3 Å². The molecular formula is C27H37N3O2. The number of nitrogens with zero attached hydrogens (tertiary/aromatic N) is 2. The quantitative estimate of drug-likeness (QED) is 0.665. The van der Waals surface area contributed by atoms with Gasteiger partial charge in [-0.25, -0.2) is 0 Å². The van der Waals surface area contributed by atoms with E-state index in [0.29, 0.717) is 17.9 Å². The smallest absolute Gasteiger partial charge is 0.255 e. The second-order valence-electron chi connectivity index (χ2n) is 10.3. The zero-order valence-electron chi connectivity index (χ0n) is 20.1. The van der Waals surface area contributed by atoms with Gasteiger partial charge in [-0.3, -0.25) is 9.59 Å². The summed E-state index contributed by atoms with van der Waals surface area (Å²) in [7, 11) is 0. The third-order valence-corrected chi connectivity index (χ3v) is 5.92. The fraction of sp³-hybridized carbons (Fsp3) is 0.481. The molecule has 1 heterocycles. The number of hydrogen-bond acceptors (Lipinski definition) is 3. The molecule has 172 valence electrons. The molecular weight excluding hydrogens is 398 g/mol. The first kappa shape index (κ1) is 23.8. The van der Waals surface area contributed by atoms with Crippen molar-refractivity contribution in [2.75, 3.05) is 36.4 Å². The fourth-order valence-corrected chi connectivity index (χ4v) is 4.42. The van der Waals surface area contributed by atoms with Gasteiger partial charge in [-0.2, -0.15) is 0 Å². The van der Waals surface area contributed by atoms with Gasteiger partial charge in [0.1, 0.15) is 0 Å². The number of carbonyl (C=O) groups excluding carboxylic acids is 2. The van der Waals surface area contributed by atoms with E-state index >= 15 is 0 Å². The summed E-state index contributed by atoms with van der Waals surface area (Å²) >= 11 is 0. The molecule has 0 saturated carbocycles. The van der Waals surface area contributed by atoms with Crippen LogP contribution in [0.1, 0.15) is 56.5 Å². The summed E-state index contributed by atoms with van der Waals surface area (Å²) in [6, 6.07) is 15.5. The lowest BCUT2D eigenvalue weighted by Crippen LogP contribution is -2.49. The molecule has 1 saturated heterocycles. The summed E-state index contributed by atoms with van der Waals surface area (Å²) in [5.41, 5.74) is 3.93. The Morgan fingerprint density at radius 1 is 0.938 bits per heavy atom. The van der Waals surface area contributed by atoms with Crippen molar-refractivity contribution in [1.82, 2.24) is 4.90 Å². The normalized spacial score (nSPS) is 15.4. The lowest BCUT2D eigenvalue weighted by molar-refractivity contribution is -0.132. The summed E-state index contributed by atoms with van der Waals surface area (Å²) in [6.07, 6.45) is 1.69. The second-order valence-corrected chi connectivity index (χ2v) is 10.3. The number of aryl methyl sites for hydroxylation is 1. The summed E-state index contributed by atoms with van der Waals surface area (Å²) in [5, 5.41) is 2.95. The van der Waals surface area contributed by atoms with Gasteiger partial charge in [0, 0.05) is 49.5 Å². The summed E-state index contributed by atoms with van der Waals surface area (Å²) in [5.74, 6) is 0.573. The van der Waals surface area contributed by atoms with Crippen molar-refractivity contribution in [3.05, 3.63) is 59.7 Å². The molecule has 5 nitrogen and oxygen atoms in total. The Bertz CT molecular complexity index is 905. The van der Waals surface area contributed by atoms with Gasteiger partial charge in [0.05, 0.1) is 0 Å². The van der Waals surface area contributed by atoms with Gasteiger partial charge in [-0.05, 0) is 61.1 Å². The molecule has 1 atom stereocenters. The van der Waals surface area contributed by atoms with Crippen molar-refractivity contribution >= 4 is 23.2 Å². The van der Waals surface area contributed by atoms with Crippen LogP contribution < -0.4 is 10.2 Å². The Hall–Kier alpha value is -2.82. The topological polar surface area (TPSA) is 52.7 Å². The third-order valence-electron chi connectivity index (χ3n) is 5.92. The maximum absolute atomic E-state index is 12.7. The Balaban J connectivity index is 1.49. The first-order valence-electron chi connectivity index (χ1n) is 11.6. The highest BCUT2D eigenvalue weighted by atomic mass is 16.2. The van der Waals surface area contributed by atoms with Crippen molar-refractivity contribution < 1.29 is 9.59 Å². The molecule has 0 bridgehead atoms. The Kier molecular flexibility index (Phi) is 7.60. The lowest BCUT2D eigenvalue weighted by Gasteiger charge is -2.37. The molecule has 0 aliphatic carbocycles. The molecule has 1 N–H and O–H groups in total. The van der Waals surface area contributed by atoms with E-state index in [2.05, 4.69) is 37.9 Å². The monoisotopic (exact) mass is 435 g/mol. The van der Waals surface area contributed by atoms with E-state index in [0.717, 1.165) is 49.5 Å². The van der Waals surface area contributed by atoms with Crippen LogP contribution in [-0.2, 0) is 4.79 Å². The number of hydrogen-bond donors (Lipinski definition) is 1. The molecule has 3 rings (SSSR count). The van der Waals surface area contributed by atoms with Gasteiger partial charge < -0.3 is 15.1 Å². The Morgan fingerprint density at radius 2 is 1.53 bits per heavy atom. The minimum absolute atomic E-state index is 0.106. The van der Waals surface area contributed by atoms with E-state index in [9.17, 15) is 9.59 Å². The number of anilines is 2. The first-order chi connectivity index (χ1) is 15.1. The van der Waals surface area contributed by atoms with Crippen LogP contribution in [0.5, 0.6) is 0 Å². The van der Waals surface area contributed by atoms with E-state index in [4.69, 9.17) is 0 Å². The summed E-state index contributed by atoms with van der Waals surface area (Å²) < 4.78 is 0. The van der Waals surface area contributed by atoms with Crippen molar-refractivity contribution in [1.29, 1.82) is 0 Å². The molecule has 0 spiro atoms. The van der Waals surface area contributed by atoms with Gasteiger partial charge in [0.25, 0.3) is 5.91 Å². The second kappa shape index (κ2) is 10.2. The molecule has 5 heteroatoms. The summed E-state index contributed by atoms with van der Waals surface area (Å²) in [6.45, 7) is 14.0. The SMILES string of the molecule is Cc1ccc(C(=O)Nc2ccc(N3CCN(C(=O)CC(C)CC(C)(C)C)CC3)cc2)cc1. The van der Waals surface area contributed by atoms with Gasteiger partial charge >= 0.3 is 0 Å². The number of rotatable bonds is 6. The Labute approximate surface area is 192 Å². The lowest BCUT2D eigenvalue weighted by atomic mass is 9.84. The number of carbonyl (C=O) groups is 2. The van der Waals surface area contributed by atoms with E-state index in [1.807, 2.05) is 60.4 Å². The predicted octanol–water partition coefficient (Wildman–Crippen LogP) is 5.36. The predicted molar refractivity (Wildman–Crippen MR) is 132 cm³/mol. The molecule has 0 radical (unpaired) electrons. The van der Waals surface area contributed by atoms with E-state index in [1.165, 1.54) is 0 Å². The van der Waals surface area contributed by atoms with Gasteiger partial charge in [0.15, 0.2) is 0 Å². The van der Waals surface area contributed by atoms with Crippen molar-refractivity contribution in [2.24, 2.45) is 11.3 Å². The molecule has 2 aromatic rings. The number of nitrogens with one attached hydrogen (secondary N) is 1. The average Bonchev–Trinajstić information content (AvgIpc) is 2.73. The highest BCUT2D eigenvalue weighted by Gasteiger charge is 2.24. The Morgan fingerprint density at radius 3 is 2.09 bits per heavy atom. The number of amides is 2. The molecule has 2 aromatic carbocycles. The molecule has 2 amide bonds. The summed E-state index contributed by atoms with van der Waals surface area (Å²) in [4.78, 5) is 29.4. The van der Waals surface area contributed by atoms with Crippen molar-refractivity contribution in [2.45, 2.75) is 47.5 Å². The maximum Gasteiger partial charge on any atom is 0.255 e. The third kappa shape index (κ3) is 6.84. The van der Waals surface area contributed by atoms with Crippen LogP contribution in [0.25, 0.3) is 0 Å². The minimum atomic E-state index is -0.106. The zero-order valence-corrected chi connectivity index (χ0v) is 20.1. The van der Waals surface area contributed by atoms with Gasteiger partial charge in [0.2, 0.25) is 5.91 Å². The van der Waals surface area contributed by atoms with Crippen LogP contribution >= 0.6 is 0 Å². The molecule has 1 unspecified atom stereocenters. The van der Waals surface area contributed by atoms with Crippen molar-refractivity contribution in [3.8, 4) is 0 Å². The van der Waals surface area contributed by atoms with Gasteiger partial charge in [-0.15, -0.1) is 0 Å². The molecule has 32 heavy (non-hydrogen) atoms. The molecule has 1 aliphatic heterocycles. The molecule has 0 aromatic heterocycles. The average molecular weight is 436 g/mol. The van der Waals surface area contributed by atoms with Crippen LogP contribution in [0.4, 0.5) is 11.4 Å². The fourth-order valence-electron chi connectivity index (χ4n) is 4.42. The van der Waals surface area contributed by atoms with Crippen LogP contribution in [-0.4, -0.2) is 42.9 Å². The highest BCUT2D eigenvalue weighted by Crippen LogP contribution is 2.27. The first-order valence-corrected chi connectivity index (χ1v) is 11.6. The van der Waals surface area contributed by atoms with Crippen LogP contribution in [0.2, 0.25) is 0 Å². The van der Waals surface area contributed by atoms with Crippen LogP contribution in [0.15, 0.2) is 48.5 Å².